The van der Waals surface area contributed by atoms with Gasteiger partial charge in [0.05, 0.1) is 39.3 Å². The Morgan fingerprint density at radius 1 is 0.647 bits per heavy atom. The molecular formula is C24H18N10. The summed E-state index contributed by atoms with van der Waals surface area (Å²) in [6.07, 6.45) is 1.68. The summed E-state index contributed by atoms with van der Waals surface area (Å²) >= 11 is 0. The van der Waals surface area contributed by atoms with E-state index >= 15 is 0 Å². The molecule has 0 atom stereocenters. The molecular weight excluding hydrogens is 428 g/mol. The van der Waals surface area contributed by atoms with E-state index in [1.54, 1.807) is 30.5 Å². The van der Waals surface area contributed by atoms with Crippen molar-refractivity contribution in [3.8, 4) is 22.9 Å². The second-order valence-corrected chi connectivity index (χ2v) is 7.92. The summed E-state index contributed by atoms with van der Waals surface area (Å²) in [7, 11) is 0. The molecule has 0 fully saturated rings. The zero-order valence-electron chi connectivity index (χ0n) is 17.7. The van der Waals surface area contributed by atoms with Gasteiger partial charge in [-0.05, 0) is 54.6 Å². The van der Waals surface area contributed by atoms with Gasteiger partial charge in [-0.3, -0.25) is 15.8 Å². The molecule has 10 nitrogen and oxygen atoms in total. The van der Waals surface area contributed by atoms with E-state index in [1.807, 2.05) is 30.3 Å². The van der Waals surface area contributed by atoms with Crippen LogP contribution in [0.25, 0.3) is 56.0 Å². The van der Waals surface area contributed by atoms with Crippen LogP contribution in [-0.4, -0.2) is 41.6 Å². The molecule has 0 radical (unpaired) electrons. The lowest BCUT2D eigenvalue weighted by Gasteiger charge is -2.02. The zero-order valence-corrected chi connectivity index (χ0v) is 17.7. The number of nitrogens with one attached hydrogen (secondary N) is 4. The van der Waals surface area contributed by atoms with Gasteiger partial charge in [0.1, 0.15) is 23.2 Å². The average Bonchev–Trinajstić information content (AvgIpc) is 3.46. The lowest BCUT2D eigenvalue weighted by atomic mass is 10.2. The SMILES string of the molecule is N=C(N)c1ccc2[nH]c(-c3ccc4ncc(-c5nc6cc(C(=N)N)ccc6[nH]5)nc4c3)nc2c1. The average molecular weight is 446 g/mol. The maximum absolute atomic E-state index is 7.63. The molecule has 34 heavy (non-hydrogen) atoms. The number of nitrogens with zero attached hydrogens (tertiary/aromatic N) is 4. The van der Waals surface area contributed by atoms with Crippen molar-refractivity contribution >= 4 is 44.8 Å². The number of hydrogen-bond donors (Lipinski definition) is 6. The Bertz CT molecular complexity index is 1650. The molecule has 0 bridgehead atoms. The molecule has 0 aliphatic heterocycles. The van der Waals surface area contributed by atoms with Crippen molar-refractivity contribution in [2.75, 3.05) is 0 Å². The molecule has 3 aromatic heterocycles. The normalized spacial score (nSPS) is 11.4. The van der Waals surface area contributed by atoms with E-state index in [0.29, 0.717) is 39.5 Å². The number of nitrogens with two attached hydrogens (primary N) is 2. The molecule has 3 aromatic carbocycles. The van der Waals surface area contributed by atoms with Gasteiger partial charge in [0.15, 0.2) is 5.82 Å². The summed E-state index contributed by atoms with van der Waals surface area (Å²) in [5.74, 6) is 1.26. The summed E-state index contributed by atoms with van der Waals surface area (Å²) in [5.41, 5.74) is 18.4. The third kappa shape index (κ3) is 3.21. The van der Waals surface area contributed by atoms with Crippen LogP contribution in [0.3, 0.4) is 0 Å². The Morgan fingerprint density at radius 2 is 1.26 bits per heavy atom. The van der Waals surface area contributed by atoms with Crippen molar-refractivity contribution in [1.82, 2.24) is 29.9 Å². The van der Waals surface area contributed by atoms with Crippen LogP contribution in [0.5, 0.6) is 0 Å². The van der Waals surface area contributed by atoms with Crippen molar-refractivity contribution in [2.24, 2.45) is 11.5 Å². The monoisotopic (exact) mass is 446 g/mol. The van der Waals surface area contributed by atoms with Crippen LogP contribution in [0, 0.1) is 10.8 Å². The maximum atomic E-state index is 7.63. The largest absolute Gasteiger partial charge is 0.384 e. The number of rotatable bonds is 4. The highest BCUT2D eigenvalue weighted by molar-refractivity contribution is 5.99. The fourth-order valence-electron chi connectivity index (χ4n) is 3.88. The minimum atomic E-state index is -0.00687. The number of aromatic amines is 2. The van der Waals surface area contributed by atoms with Crippen LogP contribution in [0.1, 0.15) is 11.1 Å². The molecule has 6 rings (SSSR count). The number of hydrogen-bond acceptors (Lipinski definition) is 6. The highest BCUT2D eigenvalue weighted by Gasteiger charge is 2.12. The van der Waals surface area contributed by atoms with Gasteiger partial charge in [-0.1, -0.05) is 0 Å². The molecule has 0 amide bonds. The Labute approximate surface area is 192 Å². The van der Waals surface area contributed by atoms with E-state index in [2.05, 4.69) is 24.9 Å². The number of imidazole rings is 2. The van der Waals surface area contributed by atoms with Gasteiger partial charge in [-0.25, -0.2) is 15.0 Å². The predicted molar refractivity (Wildman–Crippen MR) is 132 cm³/mol. The minimum absolute atomic E-state index is 0.00284. The van der Waals surface area contributed by atoms with E-state index in [0.717, 1.165) is 27.6 Å². The molecule has 10 heteroatoms. The number of aromatic nitrogens is 6. The summed E-state index contributed by atoms with van der Waals surface area (Å²) in [6.45, 7) is 0. The number of H-pyrrole nitrogens is 2. The molecule has 0 aliphatic carbocycles. The second-order valence-electron chi connectivity index (χ2n) is 7.92. The molecule has 0 saturated heterocycles. The molecule has 0 unspecified atom stereocenters. The third-order valence-corrected chi connectivity index (χ3v) is 5.65. The molecule has 3 heterocycles. The van der Waals surface area contributed by atoms with Crippen molar-refractivity contribution in [1.29, 1.82) is 10.8 Å². The summed E-state index contributed by atoms with van der Waals surface area (Å²) < 4.78 is 0. The van der Waals surface area contributed by atoms with Crippen LogP contribution in [-0.2, 0) is 0 Å². The van der Waals surface area contributed by atoms with Gasteiger partial charge in [0, 0.05) is 16.7 Å². The lowest BCUT2D eigenvalue weighted by Crippen LogP contribution is -2.10. The van der Waals surface area contributed by atoms with Crippen LogP contribution in [0.15, 0.2) is 60.8 Å². The second kappa shape index (κ2) is 7.20. The fourth-order valence-corrected chi connectivity index (χ4v) is 3.88. The van der Waals surface area contributed by atoms with Crippen LogP contribution in [0.4, 0.5) is 0 Å². The van der Waals surface area contributed by atoms with Gasteiger partial charge >= 0.3 is 0 Å². The Kier molecular flexibility index (Phi) is 4.14. The quantitative estimate of drug-likeness (QED) is 0.178. The van der Waals surface area contributed by atoms with Crippen molar-refractivity contribution in [2.45, 2.75) is 0 Å². The van der Waals surface area contributed by atoms with Gasteiger partial charge in [0.2, 0.25) is 0 Å². The Hall–Kier alpha value is -5.12. The lowest BCUT2D eigenvalue weighted by molar-refractivity contribution is 1.22. The van der Waals surface area contributed by atoms with E-state index in [-0.39, 0.29) is 11.7 Å². The fraction of sp³-hybridized carbons (Fsp3) is 0. The zero-order chi connectivity index (χ0) is 23.4. The smallest absolute Gasteiger partial charge is 0.158 e. The summed E-state index contributed by atoms with van der Waals surface area (Å²) in [6, 6.07) is 16.6. The molecule has 0 spiro atoms. The standard InChI is InChI=1S/C24H18N10/c25-21(26)11-1-5-15-18(7-11)33-23(31-15)13-3-4-14-17(9-13)30-20(10-29-14)24-32-16-6-2-12(22(27)28)8-19(16)34-24/h1-10H,(H3,25,26)(H3,27,28)(H,31,33)(H,32,34). The Morgan fingerprint density at radius 3 is 1.91 bits per heavy atom. The highest BCUT2D eigenvalue weighted by atomic mass is 15.0. The molecule has 164 valence electrons. The summed E-state index contributed by atoms with van der Waals surface area (Å²) in [4.78, 5) is 25.1. The van der Waals surface area contributed by atoms with Crippen molar-refractivity contribution in [3.63, 3.8) is 0 Å². The minimum Gasteiger partial charge on any atom is -0.384 e. The van der Waals surface area contributed by atoms with Gasteiger partial charge in [0.25, 0.3) is 0 Å². The van der Waals surface area contributed by atoms with Crippen molar-refractivity contribution < 1.29 is 0 Å². The number of benzene rings is 3. The topological polar surface area (TPSA) is 183 Å². The first-order valence-electron chi connectivity index (χ1n) is 10.4. The van der Waals surface area contributed by atoms with E-state index in [9.17, 15) is 0 Å². The van der Waals surface area contributed by atoms with Gasteiger partial charge < -0.3 is 21.4 Å². The van der Waals surface area contributed by atoms with Crippen molar-refractivity contribution in [3.05, 3.63) is 71.9 Å². The third-order valence-electron chi connectivity index (χ3n) is 5.65. The first-order valence-corrected chi connectivity index (χ1v) is 10.4. The molecule has 8 N–H and O–H groups in total. The highest BCUT2D eigenvalue weighted by Crippen LogP contribution is 2.26. The van der Waals surface area contributed by atoms with Gasteiger partial charge in [-0.2, -0.15) is 0 Å². The van der Waals surface area contributed by atoms with Crippen LogP contribution >= 0.6 is 0 Å². The molecule has 0 saturated carbocycles. The van der Waals surface area contributed by atoms with Crippen LogP contribution < -0.4 is 11.5 Å². The molecule has 6 aromatic rings. The van der Waals surface area contributed by atoms with E-state index in [4.69, 9.17) is 27.3 Å². The maximum Gasteiger partial charge on any atom is 0.158 e. The number of amidine groups is 2. The first-order chi connectivity index (χ1) is 16.4. The molecule has 0 aliphatic rings. The van der Waals surface area contributed by atoms with Crippen LogP contribution in [0.2, 0.25) is 0 Å². The van der Waals surface area contributed by atoms with Gasteiger partial charge in [-0.15, -0.1) is 0 Å². The summed E-state index contributed by atoms with van der Waals surface area (Å²) in [5, 5.41) is 15.3. The van der Waals surface area contributed by atoms with E-state index in [1.165, 1.54) is 0 Å². The predicted octanol–water partition coefficient (Wildman–Crippen LogP) is 3.28. The van der Waals surface area contributed by atoms with E-state index < -0.39 is 0 Å². The number of fused-ring (bicyclic) bond motifs is 3. The Balaban J connectivity index is 1.41. The number of nitrogen functional groups attached to an aromatic ring is 2. The first kappa shape index (κ1) is 19.6.